The molecule has 2 rings (SSSR count). The number of rotatable bonds is 0. The maximum Gasteiger partial charge on any atom is 0.113 e. The lowest BCUT2D eigenvalue weighted by Gasteiger charge is -1.96. The number of H-pyrrole nitrogens is 1. The second-order valence-electron chi connectivity index (χ2n) is 2.44. The van der Waals surface area contributed by atoms with Crippen molar-refractivity contribution in [3.8, 4) is 0 Å². The fourth-order valence-electron chi connectivity index (χ4n) is 1.14. The van der Waals surface area contributed by atoms with Crippen LogP contribution in [-0.4, -0.2) is 12.8 Å². The SMILES string of the molecule is [B]c1cc(Cl)c2cc[nH]c2c1. The Hall–Kier alpha value is -0.885. The van der Waals surface area contributed by atoms with Crippen molar-refractivity contribution in [2.45, 2.75) is 0 Å². The Morgan fingerprint density at radius 3 is 3.00 bits per heavy atom. The van der Waals surface area contributed by atoms with Crippen LogP contribution in [0.1, 0.15) is 0 Å². The lowest BCUT2D eigenvalue weighted by molar-refractivity contribution is 1.48. The van der Waals surface area contributed by atoms with Crippen molar-refractivity contribution in [3.63, 3.8) is 0 Å². The first-order valence-electron chi connectivity index (χ1n) is 3.29. The molecule has 2 aromatic rings. The predicted molar refractivity (Wildman–Crippen MR) is 48.7 cm³/mol. The van der Waals surface area contributed by atoms with Crippen LogP contribution < -0.4 is 5.46 Å². The molecule has 0 atom stereocenters. The first-order valence-corrected chi connectivity index (χ1v) is 3.67. The summed E-state index contributed by atoms with van der Waals surface area (Å²) >= 11 is 5.90. The van der Waals surface area contributed by atoms with Crippen LogP contribution in [0.3, 0.4) is 0 Å². The third kappa shape index (κ3) is 1.03. The van der Waals surface area contributed by atoms with E-state index in [1.165, 1.54) is 0 Å². The molecule has 1 aromatic carbocycles. The molecule has 2 radical (unpaired) electrons. The van der Waals surface area contributed by atoms with E-state index in [1.54, 1.807) is 6.07 Å². The number of aromatic nitrogens is 1. The average Bonchev–Trinajstić information content (AvgIpc) is 2.34. The smallest absolute Gasteiger partial charge is 0.113 e. The van der Waals surface area contributed by atoms with Gasteiger partial charge in [0.05, 0.1) is 0 Å². The summed E-state index contributed by atoms with van der Waals surface area (Å²) in [7, 11) is 5.58. The number of hydrogen-bond donors (Lipinski definition) is 1. The van der Waals surface area contributed by atoms with Crippen molar-refractivity contribution in [2.75, 3.05) is 0 Å². The molecule has 0 spiro atoms. The van der Waals surface area contributed by atoms with Crippen molar-refractivity contribution in [1.29, 1.82) is 0 Å². The molecular formula is C8H5BClN. The molecule has 0 fully saturated rings. The highest BCUT2D eigenvalue weighted by atomic mass is 35.5. The average molecular weight is 161 g/mol. The maximum atomic E-state index is 5.90. The van der Waals surface area contributed by atoms with Crippen molar-refractivity contribution < 1.29 is 0 Å². The van der Waals surface area contributed by atoms with Gasteiger partial charge in [-0.15, -0.1) is 0 Å². The van der Waals surface area contributed by atoms with Crippen LogP contribution in [0, 0.1) is 0 Å². The Kier molecular flexibility index (Phi) is 1.43. The van der Waals surface area contributed by atoms with Crippen LogP contribution >= 0.6 is 11.6 Å². The quantitative estimate of drug-likeness (QED) is 0.565. The van der Waals surface area contributed by atoms with Gasteiger partial charge >= 0.3 is 0 Å². The van der Waals surface area contributed by atoms with Gasteiger partial charge in [0, 0.05) is 22.1 Å². The summed E-state index contributed by atoms with van der Waals surface area (Å²) in [4.78, 5) is 3.04. The molecule has 3 heteroatoms. The Morgan fingerprint density at radius 1 is 1.36 bits per heavy atom. The van der Waals surface area contributed by atoms with E-state index >= 15 is 0 Å². The first-order chi connectivity index (χ1) is 5.27. The van der Waals surface area contributed by atoms with E-state index in [0.717, 1.165) is 10.9 Å². The van der Waals surface area contributed by atoms with Crippen LogP contribution in [0.25, 0.3) is 10.9 Å². The molecule has 0 aliphatic heterocycles. The molecule has 1 N–H and O–H groups in total. The minimum absolute atomic E-state index is 0.685. The molecule has 0 bridgehead atoms. The van der Waals surface area contributed by atoms with E-state index in [4.69, 9.17) is 19.4 Å². The molecule has 0 saturated carbocycles. The molecule has 0 unspecified atom stereocenters. The topological polar surface area (TPSA) is 15.8 Å². The highest BCUT2D eigenvalue weighted by Gasteiger charge is 1.98. The van der Waals surface area contributed by atoms with Gasteiger partial charge < -0.3 is 4.98 Å². The summed E-state index contributed by atoms with van der Waals surface area (Å²) in [5.41, 5.74) is 1.67. The van der Waals surface area contributed by atoms with Crippen LogP contribution in [0.4, 0.5) is 0 Å². The van der Waals surface area contributed by atoms with Gasteiger partial charge in [-0.2, -0.15) is 0 Å². The van der Waals surface area contributed by atoms with E-state index in [1.807, 2.05) is 18.3 Å². The van der Waals surface area contributed by atoms with Gasteiger partial charge in [-0.05, 0) is 18.2 Å². The van der Waals surface area contributed by atoms with Gasteiger partial charge in [-0.25, -0.2) is 0 Å². The second-order valence-corrected chi connectivity index (χ2v) is 2.85. The number of fused-ring (bicyclic) bond motifs is 1. The number of halogens is 1. The number of hydrogen-bond acceptors (Lipinski definition) is 0. The molecule has 0 aliphatic rings. The summed E-state index contributed by atoms with van der Waals surface area (Å²) in [6.07, 6.45) is 1.84. The van der Waals surface area contributed by atoms with Gasteiger partial charge in [0.15, 0.2) is 0 Å². The molecule has 1 nitrogen and oxygen atoms in total. The number of nitrogens with one attached hydrogen (secondary N) is 1. The Labute approximate surface area is 70.8 Å². The third-order valence-electron chi connectivity index (χ3n) is 1.64. The molecule has 0 aliphatic carbocycles. The molecule has 11 heavy (non-hydrogen) atoms. The Bertz CT molecular complexity index is 394. The van der Waals surface area contributed by atoms with E-state index in [9.17, 15) is 0 Å². The minimum atomic E-state index is 0.685. The van der Waals surface area contributed by atoms with Crippen LogP contribution in [0.15, 0.2) is 24.4 Å². The molecular weight excluding hydrogens is 156 g/mol. The second kappa shape index (κ2) is 2.31. The van der Waals surface area contributed by atoms with Crippen LogP contribution in [0.2, 0.25) is 5.02 Å². The normalized spacial score (nSPS) is 10.6. The zero-order valence-electron chi connectivity index (χ0n) is 5.76. The summed E-state index contributed by atoms with van der Waals surface area (Å²) < 4.78 is 0. The summed E-state index contributed by atoms with van der Waals surface area (Å²) in [5, 5.41) is 1.71. The predicted octanol–water partition coefficient (Wildman–Crippen LogP) is 1.62. The molecule has 52 valence electrons. The zero-order valence-corrected chi connectivity index (χ0v) is 6.52. The van der Waals surface area contributed by atoms with Gasteiger partial charge in [0.1, 0.15) is 7.85 Å². The van der Waals surface area contributed by atoms with Crippen LogP contribution in [-0.2, 0) is 0 Å². The standard InChI is InChI=1S/C8H5BClN/c9-5-3-7(10)6-1-2-11-8(6)4-5/h1-4,11H. The van der Waals surface area contributed by atoms with Crippen molar-refractivity contribution in [1.82, 2.24) is 4.98 Å². The van der Waals surface area contributed by atoms with Gasteiger partial charge in [0.25, 0.3) is 0 Å². The molecule has 1 heterocycles. The Morgan fingerprint density at radius 2 is 2.18 bits per heavy atom. The fourth-order valence-corrected chi connectivity index (χ4v) is 1.43. The number of benzene rings is 1. The largest absolute Gasteiger partial charge is 0.361 e. The minimum Gasteiger partial charge on any atom is -0.361 e. The molecule has 1 aromatic heterocycles. The highest BCUT2D eigenvalue weighted by molar-refractivity contribution is 6.39. The van der Waals surface area contributed by atoms with Crippen molar-refractivity contribution in [3.05, 3.63) is 29.4 Å². The molecule has 0 amide bonds. The van der Waals surface area contributed by atoms with Gasteiger partial charge in [-0.3, -0.25) is 0 Å². The molecule has 0 saturated heterocycles. The first kappa shape index (κ1) is 6.80. The zero-order chi connectivity index (χ0) is 7.84. The van der Waals surface area contributed by atoms with Gasteiger partial charge in [-0.1, -0.05) is 17.1 Å². The van der Waals surface area contributed by atoms with E-state index in [2.05, 4.69) is 4.98 Å². The summed E-state index contributed by atoms with van der Waals surface area (Å²) in [5.74, 6) is 0. The Balaban J connectivity index is 2.91. The van der Waals surface area contributed by atoms with E-state index in [-0.39, 0.29) is 0 Å². The lowest BCUT2D eigenvalue weighted by Crippen LogP contribution is -2.00. The lowest BCUT2D eigenvalue weighted by atomic mass is 9.95. The summed E-state index contributed by atoms with van der Waals surface area (Å²) in [6, 6.07) is 5.54. The van der Waals surface area contributed by atoms with Crippen molar-refractivity contribution >= 4 is 35.8 Å². The fraction of sp³-hybridized carbons (Fsp3) is 0. The number of aromatic amines is 1. The van der Waals surface area contributed by atoms with Crippen molar-refractivity contribution in [2.24, 2.45) is 0 Å². The monoisotopic (exact) mass is 161 g/mol. The third-order valence-corrected chi connectivity index (χ3v) is 1.95. The maximum absolute atomic E-state index is 5.90. The van der Waals surface area contributed by atoms with Gasteiger partial charge in [0.2, 0.25) is 0 Å². The summed E-state index contributed by atoms with van der Waals surface area (Å²) in [6.45, 7) is 0. The van der Waals surface area contributed by atoms with E-state index in [0.29, 0.717) is 10.5 Å². The highest BCUT2D eigenvalue weighted by Crippen LogP contribution is 2.20. The van der Waals surface area contributed by atoms with E-state index < -0.39 is 0 Å². The van der Waals surface area contributed by atoms with Crippen LogP contribution in [0.5, 0.6) is 0 Å².